The molecule has 0 unspecified atom stereocenters. The van der Waals surface area contributed by atoms with Crippen molar-refractivity contribution in [1.82, 2.24) is 4.98 Å². The van der Waals surface area contributed by atoms with Crippen LogP contribution in [0.15, 0.2) is 24.3 Å². The standard InChI is InChI=1S/C9H6Cl2N2/c10-5-1-2-8-6(3-5)7(12)4-9(11)13-8/h1-4H,(H2,12,13). The van der Waals surface area contributed by atoms with Gasteiger partial charge in [0, 0.05) is 16.1 Å². The zero-order valence-electron chi connectivity index (χ0n) is 6.59. The average molecular weight is 213 g/mol. The summed E-state index contributed by atoms with van der Waals surface area (Å²) in [4.78, 5) is 4.10. The summed E-state index contributed by atoms with van der Waals surface area (Å²) in [5.41, 5.74) is 7.10. The van der Waals surface area contributed by atoms with Gasteiger partial charge in [-0.1, -0.05) is 23.2 Å². The number of nitrogens with zero attached hydrogens (tertiary/aromatic N) is 1. The van der Waals surface area contributed by atoms with Gasteiger partial charge < -0.3 is 5.73 Å². The predicted molar refractivity (Wildman–Crippen MR) is 56.2 cm³/mol. The van der Waals surface area contributed by atoms with Crippen LogP contribution in [0.5, 0.6) is 0 Å². The third-order valence-corrected chi connectivity index (χ3v) is 2.20. The highest BCUT2D eigenvalue weighted by molar-refractivity contribution is 6.32. The Morgan fingerprint density at radius 2 is 1.92 bits per heavy atom. The summed E-state index contributed by atoms with van der Waals surface area (Å²) in [5, 5.41) is 1.87. The van der Waals surface area contributed by atoms with Gasteiger partial charge in [0.15, 0.2) is 0 Å². The van der Waals surface area contributed by atoms with Crippen LogP contribution in [0.1, 0.15) is 0 Å². The second kappa shape index (κ2) is 3.05. The molecule has 1 aromatic carbocycles. The second-order valence-corrected chi connectivity index (χ2v) is 3.52. The molecule has 0 amide bonds. The van der Waals surface area contributed by atoms with E-state index in [0.717, 1.165) is 10.9 Å². The van der Waals surface area contributed by atoms with E-state index < -0.39 is 0 Å². The highest BCUT2D eigenvalue weighted by Gasteiger charge is 2.01. The van der Waals surface area contributed by atoms with Crippen LogP contribution in [-0.2, 0) is 0 Å². The molecule has 13 heavy (non-hydrogen) atoms. The number of nitrogen functional groups attached to an aromatic ring is 1. The summed E-state index contributed by atoms with van der Waals surface area (Å²) in [6.45, 7) is 0. The molecule has 66 valence electrons. The molecule has 0 radical (unpaired) electrons. The van der Waals surface area contributed by atoms with Crippen LogP contribution in [0.2, 0.25) is 10.2 Å². The molecule has 4 heteroatoms. The summed E-state index contributed by atoms with van der Waals surface area (Å²) in [6.07, 6.45) is 0. The Labute approximate surface area is 85.3 Å². The molecule has 0 fully saturated rings. The molecule has 1 aromatic heterocycles. The van der Waals surface area contributed by atoms with E-state index in [1.165, 1.54) is 0 Å². The van der Waals surface area contributed by atoms with Gasteiger partial charge in [0.1, 0.15) is 5.15 Å². The third kappa shape index (κ3) is 1.55. The van der Waals surface area contributed by atoms with Gasteiger partial charge in [0.05, 0.1) is 5.52 Å². The molecule has 1 heterocycles. The zero-order chi connectivity index (χ0) is 9.42. The number of fused-ring (bicyclic) bond motifs is 1. The van der Waals surface area contributed by atoms with Crippen molar-refractivity contribution >= 4 is 39.8 Å². The molecule has 0 aliphatic carbocycles. The largest absolute Gasteiger partial charge is 0.398 e. The summed E-state index contributed by atoms with van der Waals surface area (Å²) in [5.74, 6) is 0. The average Bonchev–Trinajstić information content (AvgIpc) is 2.06. The molecule has 2 aromatic rings. The molecule has 0 saturated heterocycles. The predicted octanol–water partition coefficient (Wildman–Crippen LogP) is 3.12. The number of benzene rings is 1. The summed E-state index contributed by atoms with van der Waals surface area (Å²) in [7, 11) is 0. The molecule has 0 spiro atoms. The van der Waals surface area contributed by atoms with Gasteiger partial charge >= 0.3 is 0 Å². The number of pyridine rings is 1. The minimum Gasteiger partial charge on any atom is -0.398 e. The van der Waals surface area contributed by atoms with E-state index in [2.05, 4.69) is 4.98 Å². The molecular weight excluding hydrogens is 207 g/mol. The Kier molecular flexibility index (Phi) is 2.02. The van der Waals surface area contributed by atoms with Crippen LogP contribution >= 0.6 is 23.2 Å². The molecular formula is C9H6Cl2N2. The maximum absolute atomic E-state index is 5.81. The number of rotatable bonds is 0. The minimum absolute atomic E-state index is 0.396. The van der Waals surface area contributed by atoms with Gasteiger partial charge in [0.25, 0.3) is 0 Å². The monoisotopic (exact) mass is 212 g/mol. The lowest BCUT2D eigenvalue weighted by Crippen LogP contribution is -1.89. The molecule has 0 saturated carbocycles. The van der Waals surface area contributed by atoms with Crippen molar-refractivity contribution in [3.8, 4) is 0 Å². The van der Waals surface area contributed by atoms with Crippen LogP contribution in [0.25, 0.3) is 10.9 Å². The first-order valence-corrected chi connectivity index (χ1v) is 4.44. The van der Waals surface area contributed by atoms with E-state index in [-0.39, 0.29) is 0 Å². The summed E-state index contributed by atoms with van der Waals surface area (Å²) in [6, 6.07) is 6.93. The van der Waals surface area contributed by atoms with Crippen molar-refractivity contribution in [2.45, 2.75) is 0 Å². The highest BCUT2D eigenvalue weighted by Crippen LogP contribution is 2.25. The number of nitrogens with two attached hydrogens (primary N) is 1. The first kappa shape index (κ1) is 8.60. The molecule has 2 nitrogen and oxygen atoms in total. The minimum atomic E-state index is 0.396. The van der Waals surface area contributed by atoms with Gasteiger partial charge in [0.2, 0.25) is 0 Å². The first-order valence-electron chi connectivity index (χ1n) is 3.68. The summed E-state index contributed by atoms with van der Waals surface area (Å²) < 4.78 is 0. The van der Waals surface area contributed by atoms with E-state index >= 15 is 0 Å². The van der Waals surface area contributed by atoms with Crippen molar-refractivity contribution in [1.29, 1.82) is 0 Å². The lowest BCUT2D eigenvalue weighted by atomic mass is 10.2. The van der Waals surface area contributed by atoms with Crippen molar-refractivity contribution in [3.05, 3.63) is 34.4 Å². The number of hydrogen-bond donors (Lipinski definition) is 1. The third-order valence-electron chi connectivity index (χ3n) is 1.77. The molecule has 0 aliphatic rings. The van der Waals surface area contributed by atoms with E-state index in [0.29, 0.717) is 15.9 Å². The van der Waals surface area contributed by atoms with Crippen LogP contribution in [0, 0.1) is 0 Å². The molecule has 0 aliphatic heterocycles. The van der Waals surface area contributed by atoms with Crippen LogP contribution in [0.3, 0.4) is 0 Å². The molecule has 2 rings (SSSR count). The van der Waals surface area contributed by atoms with E-state index in [9.17, 15) is 0 Å². The first-order chi connectivity index (χ1) is 6.16. The normalized spacial score (nSPS) is 10.6. The van der Waals surface area contributed by atoms with E-state index in [1.54, 1.807) is 24.3 Å². The number of hydrogen-bond acceptors (Lipinski definition) is 2. The fraction of sp³-hybridized carbons (Fsp3) is 0. The van der Waals surface area contributed by atoms with Crippen molar-refractivity contribution in [2.24, 2.45) is 0 Å². The van der Waals surface area contributed by atoms with Gasteiger partial charge in [-0.25, -0.2) is 4.98 Å². The molecule has 0 bridgehead atoms. The molecule has 0 atom stereocenters. The number of aromatic nitrogens is 1. The van der Waals surface area contributed by atoms with Gasteiger partial charge in [-0.3, -0.25) is 0 Å². The molecule has 2 N–H and O–H groups in total. The van der Waals surface area contributed by atoms with Gasteiger partial charge in [-0.05, 0) is 24.3 Å². The van der Waals surface area contributed by atoms with Crippen LogP contribution < -0.4 is 5.73 Å². The van der Waals surface area contributed by atoms with Crippen molar-refractivity contribution < 1.29 is 0 Å². The van der Waals surface area contributed by atoms with Crippen LogP contribution in [0.4, 0.5) is 5.69 Å². The fourth-order valence-electron chi connectivity index (χ4n) is 1.19. The fourth-order valence-corrected chi connectivity index (χ4v) is 1.57. The van der Waals surface area contributed by atoms with Gasteiger partial charge in [-0.15, -0.1) is 0 Å². The topological polar surface area (TPSA) is 38.9 Å². The van der Waals surface area contributed by atoms with Crippen molar-refractivity contribution in [3.63, 3.8) is 0 Å². The zero-order valence-corrected chi connectivity index (χ0v) is 8.10. The number of anilines is 1. The van der Waals surface area contributed by atoms with Crippen molar-refractivity contribution in [2.75, 3.05) is 5.73 Å². The maximum Gasteiger partial charge on any atom is 0.131 e. The quantitative estimate of drug-likeness (QED) is 0.682. The second-order valence-electron chi connectivity index (χ2n) is 2.70. The Bertz CT molecular complexity index is 468. The lowest BCUT2D eigenvalue weighted by molar-refractivity contribution is 1.41. The Morgan fingerprint density at radius 1 is 1.15 bits per heavy atom. The Hall–Kier alpha value is -0.990. The van der Waals surface area contributed by atoms with E-state index in [4.69, 9.17) is 28.9 Å². The lowest BCUT2D eigenvalue weighted by Gasteiger charge is -2.02. The summed E-state index contributed by atoms with van der Waals surface area (Å²) >= 11 is 11.6. The smallest absolute Gasteiger partial charge is 0.131 e. The Balaban J connectivity index is 2.87. The maximum atomic E-state index is 5.81. The SMILES string of the molecule is Nc1cc(Cl)nc2ccc(Cl)cc12. The van der Waals surface area contributed by atoms with Crippen LogP contribution in [-0.4, -0.2) is 4.98 Å². The number of halogens is 2. The Morgan fingerprint density at radius 3 is 2.69 bits per heavy atom. The van der Waals surface area contributed by atoms with Gasteiger partial charge in [-0.2, -0.15) is 0 Å². The van der Waals surface area contributed by atoms with E-state index in [1.807, 2.05) is 0 Å². The highest BCUT2D eigenvalue weighted by atomic mass is 35.5.